The van der Waals surface area contributed by atoms with E-state index in [0.717, 1.165) is 11.6 Å². The van der Waals surface area contributed by atoms with Crippen LogP contribution in [0.3, 0.4) is 0 Å². The van der Waals surface area contributed by atoms with E-state index in [2.05, 4.69) is 11.4 Å². The molecule has 0 saturated heterocycles. The molecule has 1 N–H and O–H groups in total. The standard InChI is InChI=1S/C16H13ClF2N2/c1-10-5-12(19)7-13(6-10)21-16(2,9-20)14-4-3-11(18)8-15(14)17/h3-8,21H,1-2H3. The van der Waals surface area contributed by atoms with Crippen LogP contribution in [0.15, 0.2) is 36.4 Å². The van der Waals surface area contributed by atoms with Gasteiger partial charge in [0.1, 0.15) is 17.2 Å². The minimum Gasteiger partial charge on any atom is -0.364 e. The summed E-state index contributed by atoms with van der Waals surface area (Å²) in [6.45, 7) is 3.36. The van der Waals surface area contributed by atoms with Crippen LogP contribution >= 0.6 is 11.6 Å². The van der Waals surface area contributed by atoms with Crippen molar-refractivity contribution in [3.05, 3.63) is 64.2 Å². The Labute approximate surface area is 127 Å². The molecule has 1 unspecified atom stereocenters. The quantitative estimate of drug-likeness (QED) is 0.886. The summed E-state index contributed by atoms with van der Waals surface area (Å²) in [6.07, 6.45) is 0. The maximum atomic E-state index is 13.4. The van der Waals surface area contributed by atoms with Gasteiger partial charge in [-0.15, -0.1) is 0 Å². The van der Waals surface area contributed by atoms with Gasteiger partial charge in [0, 0.05) is 11.3 Å². The predicted octanol–water partition coefficient (Wildman–Crippen LogP) is 4.78. The second kappa shape index (κ2) is 5.71. The Bertz CT molecular complexity index is 704. The van der Waals surface area contributed by atoms with E-state index in [0.29, 0.717) is 11.3 Å². The summed E-state index contributed by atoms with van der Waals surface area (Å²) in [6, 6.07) is 10.3. The minimum atomic E-state index is -1.20. The molecule has 0 amide bonds. The highest BCUT2D eigenvalue weighted by Crippen LogP contribution is 2.32. The molecular weight excluding hydrogens is 294 g/mol. The van der Waals surface area contributed by atoms with Gasteiger partial charge in [0.25, 0.3) is 0 Å². The molecule has 2 aromatic rings. The maximum absolute atomic E-state index is 13.4. The minimum absolute atomic E-state index is 0.139. The second-order valence-corrected chi connectivity index (χ2v) is 5.41. The van der Waals surface area contributed by atoms with Gasteiger partial charge in [-0.2, -0.15) is 5.26 Å². The lowest BCUT2D eigenvalue weighted by Crippen LogP contribution is -2.30. The molecule has 0 heterocycles. The van der Waals surface area contributed by atoms with Crippen molar-refractivity contribution >= 4 is 17.3 Å². The van der Waals surface area contributed by atoms with Gasteiger partial charge in [0.2, 0.25) is 0 Å². The van der Waals surface area contributed by atoms with E-state index in [-0.39, 0.29) is 5.02 Å². The third-order valence-corrected chi connectivity index (χ3v) is 3.44. The molecule has 0 fully saturated rings. The van der Waals surface area contributed by atoms with E-state index in [1.165, 1.54) is 24.3 Å². The van der Waals surface area contributed by atoms with Crippen LogP contribution in [0.5, 0.6) is 0 Å². The Morgan fingerprint density at radius 1 is 1.14 bits per heavy atom. The van der Waals surface area contributed by atoms with E-state index in [4.69, 9.17) is 11.6 Å². The molecule has 0 aromatic heterocycles. The molecule has 108 valence electrons. The molecule has 0 radical (unpaired) electrons. The molecule has 21 heavy (non-hydrogen) atoms. The molecule has 0 bridgehead atoms. The Morgan fingerprint density at radius 2 is 1.86 bits per heavy atom. The molecule has 0 aliphatic rings. The number of hydrogen-bond donors (Lipinski definition) is 1. The van der Waals surface area contributed by atoms with E-state index < -0.39 is 17.2 Å². The smallest absolute Gasteiger partial charge is 0.149 e. The van der Waals surface area contributed by atoms with Crippen LogP contribution in [0, 0.1) is 29.9 Å². The van der Waals surface area contributed by atoms with E-state index in [9.17, 15) is 14.0 Å². The van der Waals surface area contributed by atoms with Crippen molar-refractivity contribution in [3.63, 3.8) is 0 Å². The number of nitriles is 1. The van der Waals surface area contributed by atoms with Crippen molar-refractivity contribution in [2.45, 2.75) is 19.4 Å². The molecule has 2 rings (SSSR count). The van der Waals surface area contributed by atoms with Crippen molar-refractivity contribution in [1.29, 1.82) is 5.26 Å². The molecule has 0 aliphatic heterocycles. The summed E-state index contributed by atoms with van der Waals surface area (Å²) < 4.78 is 26.6. The van der Waals surface area contributed by atoms with Crippen molar-refractivity contribution in [2.75, 3.05) is 5.32 Å². The van der Waals surface area contributed by atoms with E-state index >= 15 is 0 Å². The summed E-state index contributed by atoms with van der Waals surface area (Å²) >= 11 is 6.02. The monoisotopic (exact) mass is 306 g/mol. The number of aryl methyl sites for hydroxylation is 1. The van der Waals surface area contributed by atoms with E-state index in [1.54, 1.807) is 19.9 Å². The molecule has 5 heteroatoms. The topological polar surface area (TPSA) is 35.8 Å². The maximum Gasteiger partial charge on any atom is 0.149 e. The Kier molecular flexibility index (Phi) is 4.15. The van der Waals surface area contributed by atoms with Gasteiger partial charge in [-0.1, -0.05) is 17.7 Å². The Morgan fingerprint density at radius 3 is 2.43 bits per heavy atom. The lowest BCUT2D eigenvalue weighted by atomic mass is 9.93. The number of nitrogens with zero attached hydrogens (tertiary/aromatic N) is 1. The van der Waals surface area contributed by atoms with E-state index in [1.807, 2.05) is 0 Å². The third kappa shape index (κ3) is 3.32. The molecular formula is C16H13ClF2N2. The highest BCUT2D eigenvalue weighted by Gasteiger charge is 2.29. The van der Waals surface area contributed by atoms with Gasteiger partial charge in [0.15, 0.2) is 0 Å². The second-order valence-electron chi connectivity index (χ2n) is 5.00. The molecule has 2 aromatic carbocycles. The van der Waals surface area contributed by atoms with Crippen molar-refractivity contribution in [2.24, 2.45) is 0 Å². The SMILES string of the molecule is Cc1cc(F)cc(NC(C)(C#N)c2ccc(F)cc2Cl)c1. The average Bonchev–Trinajstić information content (AvgIpc) is 2.37. The first-order chi connectivity index (χ1) is 9.84. The molecule has 1 atom stereocenters. The van der Waals surface area contributed by atoms with Crippen LogP contribution in [0.1, 0.15) is 18.1 Å². The van der Waals surface area contributed by atoms with Crippen molar-refractivity contribution in [1.82, 2.24) is 0 Å². The van der Waals surface area contributed by atoms with Crippen LogP contribution in [0.2, 0.25) is 5.02 Å². The number of rotatable bonds is 3. The number of nitrogens with one attached hydrogen (secondary N) is 1. The van der Waals surface area contributed by atoms with Crippen molar-refractivity contribution < 1.29 is 8.78 Å². The first-order valence-electron chi connectivity index (χ1n) is 6.26. The van der Waals surface area contributed by atoms with Crippen molar-refractivity contribution in [3.8, 4) is 6.07 Å². The zero-order chi connectivity index (χ0) is 15.6. The van der Waals surface area contributed by atoms with Gasteiger partial charge in [0.05, 0.1) is 11.1 Å². The van der Waals surface area contributed by atoms with Gasteiger partial charge in [-0.3, -0.25) is 0 Å². The number of anilines is 1. The zero-order valence-corrected chi connectivity index (χ0v) is 12.3. The fourth-order valence-electron chi connectivity index (χ4n) is 2.15. The first kappa shape index (κ1) is 15.3. The van der Waals surface area contributed by atoms with Crippen LogP contribution in [0.25, 0.3) is 0 Å². The summed E-state index contributed by atoms with van der Waals surface area (Å²) in [5.41, 5.74) is 0.403. The molecule has 0 saturated carbocycles. The number of benzene rings is 2. The fraction of sp³-hybridized carbons (Fsp3) is 0.188. The predicted molar refractivity (Wildman–Crippen MR) is 79.1 cm³/mol. The summed E-state index contributed by atoms with van der Waals surface area (Å²) in [7, 11) is 0. The lowest BCUT2D eigenvalue weighted by molar-refractivity contribution is 0.621. The lowest BCUT2D eigenvalue weighted by Gasteiger charge is -2.26. The summed E-state index contributed by atoms with van der Waals surface area (Å²) in [4.78, 5) is 0. The first-order valence-corrected chi connectivity index (χ1v) is 6.64. The van der Waals surface area contributed by atoms with Crippen LogP contribution in [0.4, 0.5) is 14.5 Å². The van der Waals surface area contributed by atoms with Gasteiger partial charge in [-0.05, 0) is 49.7 Å². The Balaban J connectivity index is 2.44. The Hall–Kier alpha value is -2.12. The van der Waals surface area contributed by atoms with Gasteiger partial charge in [-0.25, -0.2) is 8.78 Å². The largest absolute Gasteiger partial charge is 0.364 e. The summed E-state index contributed by atoms with van der Waals surface area (Å²) in [5, 5.41) is 12.6. The van der Waals surface area contributed by atoms with Crippen LogP contribution in [-0.4, -0.2) is 0 Å². The fourth-order valence-corrected chi connectivity index (χ4v) is 2.50. The molecule has 0 aliphatic carbocycles. The highest BCUT2D eigenvalue weighted by atomic mass is 35.5. The average molecular weight is 307 g/mol. The van der Waals surface area contributed by atoms with Gasteiger partial charge >= 0.3 is 0 Å². The summed E-state index contributed by atoms with van der Waals surface area (Å²) in [5.74, 6) is -0.881. The third-order valence-electron chi connectivity index (χ3n) is 3.13. The highest BCUT2D eigenvalue weighted by molar-refractivity contribution is 6.31. The molecule has 0 spiro atoms. The van der Waals surface area contributed by atoms with Gasteiger partial charge < -0.3 is 5.32 Å². The number of halogens is 3. The molecule has 2 nitrogen and oxygen atoms in total. The van der Waals surface area contributed by atoms with Crippen LogP contribution < -0.4 is 5.32 Å². The normalized spacial score (nSPS) is 13.3. The zero-order valence-electron chi connectivity index (χ0n) is 11.5. The number of hydrogen-bond acceptors (Lipinski definition) is 2. The van der Waals surface area contributed by atoms with Crippen LogP contribution in [-0.2, 0) is 5.54 Å².